The lowest BCUT2D eigenvalue weighted by Crippen LogP contribution is -2.01. The fourth-order valence-electron chi connectivity index (χ4n) is 5.90. The number of sulfone groups is 1. The van der Waals surface area contributed by atoms with Gasteiger partial charge in [0.15, 0.2) is 0 Å². The lowest BCUT2D eigenvalue weighted by atomic mass is 9.94. The minimum absolute atomic E-state index is 0.280. The topological polar surface area (TPSA) is 47.3 Å². The fourth-order valence-corrected chi connectivity index (χ4v) is 7.21. The van der Waals surface area contributed by atoms with Gasteiger partial charge in [-0.05, 0) is 80.3 Å². The van der Waals surface area contributed by atoms with E-state index in [9.17, 15) is 8.42 Å². The van der Waals surface area contributed by atoms with Crippen LogP contribution < -0.4 is 0 Å². The molecule has 0 spiro atoms. The van der Waals surface area contributed by atoms with E-state index in [2.05, 4.69) is 78.9 Å². The first-order valence-corrected chi connectivity index (χ1v) is 14.7. The van der Waals surface area contributed by atoms with E-state index in [0.29, 0.717) is 0 Å². The van der Waals surface area contributed by atoms with E-state index in [-0.39, 0.29) is 9.79 Å². The van der Waals surface area contributed by atoms with E-state index in [1.54, 1.807) is 36.4 Å². The molecule has 0 saturated heterocycles. The first-order chi connectivity index (χ1) is 19.6. The molecule has 3 nitrogen and oxygen atoms in total. The summed E-state index contributed by atoms with van der Waals surface area (Å²) in [4.78, 5) is 0.568. The Labute approximate surface area is 230 Å². The first-order valence-electron chi connectivity index (χ1n) is 13.2. The third-order valence-electron chi connectivity index (χ3n) is 7.84. The normalized spacial score (nSPS) is 12.2. The number of hydrogen-bond donors (Lipinski definition) is 0. The molecule has 7 aromatic carbocycles. The summed E-state index contributed by atoms with van der Waals surface area (Å²) in [6, 6.07) is 43.2. The Morgan fingerprint density at radius 3 is 1.98 bits per heavy atom. The number of furan rings is 1. The van der Waals surface area contributed by atoms with Crippen molar-refractivity contribution in [3.8, 4) is 11.1 Å². The van der Waals surface area contributed by atoms with Gasteiger partial charge in [-0.25, -0.2) is 8.42 Å². The molecule has 0 saturated carbocycles. The highest BCUT2D eigenvalue weighted by Crippen LogP contribution is 2.43. The molecule has 0 unspecified atom stereocenters. The maximum atomic E-state index is 13.3. The van der Waals surface area contributed by atoms with Crippen LogP contribution in [0.3, 0.4) is 0 Å². The van der Waals surface area contributed by atoms with Gasteiger partial charge in [0.2, 0.25) is 9.84 Å². The van der Waals surface area contributed by atoms with Gasteiger partial charge in [-0.2, -0.15) is 0 Å². The summed E-state index contributed by atoms with van der Waals surface area (Å²) in [7, 11) is -3.63. The van der Waals surface area contributed by atoms with Gasteiger partial charge in [0, 0.05) is 16.3 Å². The number of hydrogen-bond acceptors (Lipinski definition) is 3. The van der Waals surface area contributed by atoms with Crippen LogP contribution in [0.15, 0.2) is 148 Å². The van der Waals surface area contributed by atoms with E-state index >= 15 is 0 Å². The summed E-state index contributed by atoms with van der Waals surface area (Å²) in [5.74, 6) is 0. The SMILES string of the molecule is O=S(=O)(c1ccccc1)c1ccc2ccc(-c3cc4ccccc4c4c3oc3ccc5ccccc5c34)cc2c1. The van der Waals surface area contributed by atoms with Crippen molar-refractivity contribution in [1.29, 1.82) is 0 Å². The predicted octanol–water partition coefficient (Wildman–Crippen LogP) is 9.55. The van der Waals surface area contributed by atoms with Crippen molar-refractivity contribution in [1.82, 2.24) is 0 Å². The Hall–Kier alpha value is -4.93. The Morgan fingerprint density at radius 2 is 1.15 bits per heavy atom. The van der Waals surface area contributed by atoms with Crippen LogP contribution in [0.25, 0.3) is 65.4 Å². The van der Waals surface area contributed by atoms with Crippen LogP contribution in [0, 0.1) is 0 Å². The van der Waals surface area contributed by atoms with Crippen LogP contribution in [-0.4, -0.2) is 8.42 Å². The monoisotopic (exact) mass is 534 g/mol. The van der Waals surface area contributed by atoms with Crippen LogP contribution in [0.4, 0.5) is 0 Å². The van der Waals surface area contributed by atoms with E-state index in [4.69, 9.17) is 4.42 Å². The quantitative estimate of drug-likeness (QED) is 0.227. The van der Waals surface area contributed by atoms with E-state index in [0.717, 1.165) is 60.0 Å². The van der Waals surface area contributed by atoms with Crippen molar-refractivity contribution in [2.75, 3.05) is 0 Å². The van der Waals surface area contributed by atoms with Gasteiger partial charge in [-0.3, -0.25) is 0 Å². The lowest BCUT2D eigenvalue weighted by molar-refractivity contribution is 0.596. The van der Waals surface area contributed by atoms with E-state index in [1.165, 1.54) is 5.39 Å². The molecule has 4 heteroatoms. The van der Waals surface area contributed by atoms with Crippen LogP contribution in [-0.2, 0) is 9.84 Å². The summed E-state index contributed by atoms with van der Waals surface area (Å²) >= 11 is 0. The van der Waals surface area contributed by atoms with Gasteiger partial charge in [0.05, 0.1) is 9.79 Å². The Bertz CT molecular complexity index is 2380. The Balaban J connectivity index is 1.41. The molecule has 8 aromatic rings. The van der Waals surface area contributed by atoms with Crippen LogP contribution in [0.2, 0.25) is 0 Å². The van der Waals surface area contributed by atoms with Crippen molar-refractivity contribution < 1.29 is 12.8 Å². The first kappa shape index (κ1) is 23.0. The van der Waals surface area contributed by atoms with Crippen molar-refractivity contribution in [3.63, 3.8) is 0 Å². The van der Waals surface area contributed by atoms with Crippen LogP contribution in [0.1, 0.15) is 0 Å². The Kier molecular flexibility index (Phi) is 4.91. The van der Waals surface area contributed by atoms with Gasteiger partial charge in [-0.15, -0.1) is 0 Å². The second-order valence-corrected chi connectivity index (χ2v) is 12.1. The highest BCUT2D eigenvalue weighted by molar-refractivity contribution is 7.91. The van der Waals surface area contributed by atoms with Gasteiger partial charge in [-0.1, -0.05) is 91.0 Å². The van der Waals surface area contributed by atoms with Gasteiger partial charge in [0.1, 0.15) is 11.2 Å². The van der Waals surface area contributed by atoms with Crippen molar-refractivity contribution in [2.24, 2.45) is 0 Å². The van der Waals surface area contributed by atoms with E-state index in [1.807, 2.05) is 18.2 Å². The molecule has 0 radical (unpaired) electrons. The summed E-state index contributed by atoms with van der Waals surface area (Å²) in [5.41, 5.74) is 3.63. The summed E-state index contributed by atoms with van der Waals surface area (Å²) in [6.45, 7) is 0. The predicted molar refractivity (Wildman–Crippen MR) is 164 cm³/mol. The van der Waals surface area contributed by atoms with Gasteiger partial charge < -0.3 is 4.42 Å². The molecule has 8 rings (SSSR count). The number of fused-ring (bicyclic) bond motifs is 8. The molecule has 0 amide bonds. The zero-order chi connectivity index (χ0) is 26.8. The highest BCUT2D eigenvalue weighted by Gasteiger charge is 2.20. The number of benzene rings is 7. The zero-order valence-corrected chi connectivity index (χ0v) is 22.2. The molecule has 0 aliphatic heterocycles. The largest absolute Gasteiger partial charge is 0.455 e. The smallest absolute Gasteiger partial charge is 0.206 e. The molecule has 190 valence electrons. The fraction of sp³-hybridized carbons (Fsp3) is 0. The maximum absolute atomic E-state index is 13.3. The van der Waals surface area contributed by atoms with Gasteiger partial charge in [0.25, 0.3) is 0 Å². The second-order valence-electron chi connectivity index (χ2n) is 10.2. The minimum atomic E-state index is -3.63. The molecule has 0 bridgehead atoms. The average Bonchev–Trinajstić information content (AvgIpc) is 3.41. The average molecular weight is 535 g/mol. The number of rotatable bonds is 3. The molecule has 0 N–H and O–H groups in total. The molecule has 1 heterocycles. The molecule has 1 aromatic heterocycles. The molecule has 0 fully saturated rings. The molecule has 0 atom stereocenters. The van der Waals surface area contributed by atoms with Crippen molar-refractivity contribution >= 4 is 64.1 Å². The third-order valence-corrected chi connectivity index (χ3v) is 9.61. The molecule has 40 heavy (non-hydrogen) atoms. The third kappa shape index (κ3) is 3.40. The second kappa shape index (κ2) is 8.54. The van der Waals surface area contributed by atoms with Crippen molar-refractivity contribution in [2.45, 2.75) is 9.79 Å². The zero-order valence-electron chi connectivity index (χ0n) is 21.3. The van der Waals surface area contributed by atoms with Gasteiger partial charge >= 0.3 is 0 Å². The minimum Gasteiger partial charge on any atom is -0.455 e. The summed E-state index contributed by atoms with van der Waals surface area (Å²) in [5, 5.41) is 8.65. The summed E-state index contributed by atoms with van der Waals surface area (Å²) in [6.07, 6.45) is 0. The lowest BCUT2D eigenvalue weighted by Gasteiger charge is -2.10. The molecular formula is C36H22O3S. The van der Waals surface area contributed by atoms with Crippen molar-refractivity contribution in [3.05, 3.63) is 133 Å². The molecular weight excluding hydrogens is 512 g/mol. The molecule has 0 aliphatic rings. The van der Waals surface area contributed by atoms with E-state index < -0.39 is 9.84 Å². The highest BCUT2D eigenvalue weighted by atomic mass is 32.2. The Morgan fingerprint density at radius 1 is 0.475 bits per heavy atom. The maximum Gasteiger partial charge on any atom is 0.206 e. The summed E-state index contributed by atoms with van der Waals surface area (Å²) < 4.78 is 33.3. The van der Waals surface area contributed by atoms with Crippen LogP contribution >= 0.6 is 0 Å². The van der Waals surface area contributed by atoms with Crippen LogP contribution in [0.5, 0.6) is 0 Å². The standard InChI is InChI=1S/C36H22O3S/c37-40(38,28-10-2-1-3-11-28)29-18-16-23-14-15-26(20-27(23)21-29)32-22-25-9-5-7-13-31(25)35-34-30-12-6-4-8-24(30)17-19-33(34)39-36(32)35/h1-22H. The molecule has 0 aliphatic carbocycles.